The Bertz CT molecular complexity index is 741. The number of hydrogen-bond acceptors (Lipinski definition) is 4. The van der Waals surface area contributed by atoms with Gasteiger partial charge >= 0.3 is 0 Å². The van der Waals surface area contributed by atoms with E-state index in [0.717, 1.165) is 0 Å². The minimum absolute atomic E-state index is 0.182. The summed E-state index contributed by atoms with van der Waals surface area (Å²) in [6.07, 6.45) is 0. The maximum absolute atomic E-state index is 11.9. The van der Waals surface area contributed by atoms with E-state index in [2.05, 4.69) is 5.32 Å². The SMILES string of the molecule is CCOc1cc(C#N)ccc1OCC(=O)Nc1cccc(Cl)c1. The van der Waals surface area contributed by atoms with E-state index in [1.807, 2.05) is 13.0 Å². The molecule has 0 atom stereocenters. The lowest BCUT2D eigenvalue weighted by Crippen LogP contribution is -2.20. The van der Waals surface area contributed by atoms with E-state index >= 15 is 0 Å². The number of halogens is 1. The van der Waals surface area contributed by atoms with Gasteiger partial charge in [0.15, 0.2) is 18.1 Å². The Morgan fingerprint density at radius 2 is 2.04 bits per heavy atom. The Hall–Kier alpha value is -2.71. The molecule has 1 amide bonds. The number of amides is 1. The van der Waals surface area contributed by atoms with E-state index < -0.39 is 0 Å². The lowest BCUT2D eigenvalue weighted by molar-refractivity contribution is -0.118. The summed E-state index contributed by atoms with van der Waals surface area (Å²) in [6.45, 7) is 2.08. The number of anilines is 1. The van der Waals surface area contributed by atoms with E-state index in [1.54, 1.807) is 42.5 Å². The third-order valence-electron chi connectivity index (χ3n) is 2.84. The van der Waals surface area contributed by atoms with Gasteiger partial charge in [0.1, 0.15) is 0 Å². The number of nitriles is 1. The minimum atomic E-state index is -0.320. The summed E-state index contributed by atoms with van der Waals surface area (Å²) < 4.78 is 10.9. The smallest absolute Gasteiger partial charge is 0.262 e. The molecular weight excluding hydrogens is 316 g/mol. The fourth-order valence-corrected chi connectivity index (χ4v) is 2.06. The zero-order valence-electron chi connectivity index (χ0n) is 12.5. The van der Waals surface area contributed by atoms with E-state index in [0.29, 0.717) is 34.4 Å². The number of carbonyl (C=O) groups is 1. The van der Waals surface area contributed by atoms with Crippen molar-refractivity contribution in [2.75, 3.05) is 18.5 Å². The lowest BCUT2D eigenvalue weighted by Gasteiger charge is -2.12. The molecule has 0 bridgehead atoms. The number of nitrogens with one attached hydrogen (secondary N) is 1. The van der Waals surface area contributed by atoms with E-state index in [1.165, 1.54) is 0 Å². The van der Waals surface area contributed by atoms with Crippen molar-refractivity contribution in [2.24, 2.45) is 0 Å². The van der Waals surface area contributed by atoms with Crippen LogP contribution in [-0.2, 0) is 4.79 Å². The average molecular weight is 331 g/mol. The summed E-state index contributed by atoms with van der Waals surface area (Å²) >= 11 is 5.86. The standard InChI is InChI=1S/C17H15ClN2O3/c1-2-22-16-8-12(10-19)6-7-15(16)23-11-17(21)20-14-5-3-4-13(18)9-14/h3-9H,2,11H2,1H3,(H,20,21). The fourth-order valence-electron chi connectivity index (χ4n) is 1.87. The molecule has 0 aliphatic heterocycles. The zero-order valence-corrected chi connectivity index (χ0v) is 13.3. The molecule has 118 valence electrons. The molecule has 0 fully saturated rings. The third-order valence-corrected chi connectivity index (χ3v) is 3.07. The Labute approximate surface area is 139 Å². The molecule has 0 unspecified atom stereocenters. The van der Waals surface area contributed by atoms with Crippen LogP contribution in [0.1, 0.15) is 12.5 Å². The van der Waals surface area contributed by atoms with Gasteiger partial charge in [-0.3, -0.25) is 4.79 Å². The molecule has 0 spiro atoms. The van der Waals surface area contributed by atoms with Crippen molar-refractivity contribution in [3.63, 3.8) is 0 Å². The highest BCUT2D eigenvalue weighted by Crippen LogP contribution is 2.28. The minimum Gasteiger partial charge on any atom is -0.490 e. The average Bonchev–Trinajstić information content (AvgIpc) is 2.54. The predicted octanol–water partition coefficient (Wildman–Crippen LogP) is 3.63. The number of ether oxygens (including phenoxy) is 2. The van der Waals surface area contributed by atoms with Crippen LogP contribution in [0.15, 0.2) is 42.5 Å². The van der Waals surface area contributed by atoms with Gasteiger partial charge in [-0.2, -0.15) is 5.26 Å². The van der Waals surface area contributed by atoms with Gasteiger partial charge in [0.05, 0.1) is 18.2 Å². The third kappa shape index (κ3) is 4.90. The molecule has 23 heavy (non-hydrogen) atoms. The van der Waals surface area contributed by atoms with Crippen molar-refractivity contribution in [3.8, 4) is 17.6 Å². The molecule has 0 radical (unpaired) electrons. The molecule has 5 nitrogen and oxygen atoms in total. The Morgan fingerprint density at radius 1 is 1.22 bits per heavy atom. The van der Waals surface area contributed by atoms with Crippen LogP contribution in [0.25, 0.3) is 0 Å². The summed E-state index contributed by atoms with van der Waals surface area (Å²) in [6, 6.07) is 13.7. The lowest BCUT2D eigenvalue weighted by atomic mass is 10.2. The second-order valence-corrected chi connectivity index (χ2v) is 4.99. The molecule has 0 aliphatic rings. The Kier molecular flexibility index (Phi) is 5.84. The highest BCUT2D eigenvalue weighted by molar-refractivity contribution is 6.30. The normalized spacial score (nSPS) is 9.78. The molecule has 2 aromatic carbocycles. The van der Waals surface area contributed by atoms with Crippen LogP contribution in [0.5, 0.6) is 11.5 Å². The first-order valence-electron chi connectivity index (χ1n) is 6.97. The number of hydrogen-bond donors (Lipinski definition) is 1. The first-order chi connectivity index (χ1) is 11.1. The predicted molar refractivity (Wildman–Crippen MR) is 87.9 cm³/mol. The first-order valence-corrected chi connectivity index (χ1v) is 7.35. The second kappa shape index (κ2) is 8.06. The summed E-state index contributed by atoms with van der Waals surface area (Å²) in [7, 11) is 0. The van der Waals surface area contributed by atoms with E-state index in [4.69, 9.17) is 26.3 Å². The molecule has 2 aromatic rings. The van der Waals surface area contributed by atoms with Gasteiger partial charge in [-0.05, 0) is 37.3 Å². The van der Waals surface area contributed by atoms with Crippen LogP contribution in [0.2, 0.25) is 5.02 Å². The van der Waals surface area contributed by atoms with E-state index in [9.17, 15) is 4.79 Å². The summed E-state index contributed by atoms with van der Waals surface area (Å²) in [5, 5.41) is 12.1. The van der Waals surface area contributed by atoms with Crippen LogP contribution in [0, 0.1) is 11.3 Å². The Balaban J connectivity index is 2.00. The van der Waals surface area contributed by atoms with Crippen molar-refractivity contribution >= 4 is 23.2 Å². The number of carbonyl (C=O) groups excluding carboxylic acids is 1. The second-order valence-electron chi connectivity index (χ2n) is 4.55. The van der Waals surface area contributed by atoms with Gasteiger partial charge < -0.3 is 14.8 Å². The van der Waals surface area contributed by atoms with Crippen molar-refractivity contribution in [2.45, 2.75) is 6.92 Å². The first kappa shape index (κ1) is 16.7. The molecule has 0 aromatic heterocycles. The molecule has 1 N–H and O–H groups in total. The number of nitrogens with zero attached hydrogens (tertiary/aromatic N) is 1. The van der Waals surface area contributed by atoms with Crippen LogP contribution in [0.4, 0.5) is 5.69 Å². The molecule has 0 aliphatic carbocycles. The van der Waals surface area contributed by atoms with Gasteiger partial charge in [-0.15, -0.1) is 0 Å². The van der Waals surface area contributed by atoms with Crippen molar-refractivity contribution in [1.82, 2.24) is 0 Å². The van der Waals surface area contributed by atoms with Gasteiger partial charge in [-0.25, -0.2) is 0 Å². The zero-order chi connectivity index (χ0) is 16.7. The summed E-state index contributed by atoms with van der Waals surface area (Å²) in [5.41, 5.74) is 1.06. The maximum Gasteiger partial charge on any atom is 0.262 e. The van der Waals surface area contributed by atoms with Crippen LogP contribution < -0.4 is 14.8 Å². The maximum atomic E-state index is 11.9. The molecule has 6 heteroatoms. The van der Waals surface area contributed by atoms with Crippen molar-refractivity contribution in [1.29, 1.82) is 5.26 Å². The Morgan fingerprint density at radius 3 is 2.74 bits per heavy atom. The number of benzene rings is 2. The fraction of sp³-hybridized carbons (Fsp3) is 0.176. The molecule has 0 saturated heterocycles. The highest BCUT2D eigenvalue weighted by Gasteiger charge is 2.09. The van der Waals surface area contributed by atoms with Crippen molar-refractivity contribution < 1.29 is 14.3 Å². The van der Waals surface area contributed by atoms with Crippen LogP contribution >= 0.6 is 11.6 Å². The molecule has 0 heterocycles. The van der Waals surface area contributed by atoms with E-state index in [-0.39, 0.29) is 12.5 Å². The van der Waals surface area contributed by atoms with Gasteiger partial charge in [0, 0.05) is 16.8 Å². The van der Waals surface area contributed by atoms with Gasteiger partial charge in [0.25, 0.3) is 5.91 Å². The van der Waals surface area contributed by atoms with Gasteiger partial charge in [-0.1, -0.05) is 17.7 Å². The van der Waals surface area contributed by atoms with Crippen LogP contribution in [-0.4, -0.2) is 19.1 Å². The molecule has 0 saturated carbocycles. The molecule has 2 rings (SSSR count). The van der Waals surface area contributed by atoms with Crippen LogP contribution in [0.3, 0.4) is 0 Å². The topological polar surface area (TPSA) is 71.3 Å². The highest BCUT2D eigenvalue weighted by atomic mass is 35.5. The summed E-state index contributed by atoms with van der Waals surface area (Å²) in [5.74, 6) is 0.522. The quantitative estimate of drug-likeness (QED) is 0.878. The molecular formula is C17H15ClN2O3. The summed E-state index contributed by atoms with van der Waals surface area (Å²) in [4.78, 5) is 11.9. The monoisotopic (exact) mass is 330 g/mol. The van der Waals surface area contributed by atoms with Gasteiger partial charge in [0.2, 0.25) is 0 Å². The van der Waals surface area contributed by atoms with Crippen molar-refractivity contribution in [3.05, 3.63) is 53.1 Å². The largest absolute Gasteiger partial charge is 0.490 e. The number of rotatable bonds is 6.